The Morgan fingerprint density at radius 2 is 1.22 bits per heavy atom. The van der Waals surface area contributed by atoms with E-state index in [2.05, 4.69) is 16.0 Å². The summed E-state index contributed by atoms with van der Waals surface area (Å²) in [6, 6.07) is 0. The molecule has 0 aromatic carbocycles. The summed E-state index contributed by atoms with van der Waals surface area (Å²) in [6.07, 6.45) is -1.34. The van der Waals surface area contributed by atoms with Gasteiger partial charge in [0.1, 0.15) is 0 Å². The van der Waals surface area contributed by atoms with Gasteiger partial charge in [0, 0.05) is 0 Å². The molecule has 0 amide bonds. The monoisotopic (exact) mass is 166 g/mol. The van der Waals surface area contributed by atoms with E-state index in [0.29, 0.717) is 0 Å². The molecule has 0 aromatic rings. The molecule has 0 aliphatic heterocycles. The molecule has 4 heteroatoms. The molecule has 0 saturated heterocycles. The van der Waals surface area contributed by atoms with Crippen LogP contribution >= 0.6 is 6.34 Å². The molecule has 0 fully saturated rings. The second kappa shape index (κ2) is 3.11. The van der Waals surface area contributed by atoms with E-state index in [0.717, 1.165) is 0 Å². The van der Waals surface area contributed by atoms with Crippen molar-refractivity contribution in [2.45, 2.75) is 0 Å². The molecule has 0 unspecified atom stereocenters. The highest BCUT2D eigenvalue weighted by molar-refractivity contribution is 8.11. The van der Waals surface area contributed by atoms with Crippen LogP contribution in [0.5, 0.6) is 0 Å². The fraction of sp³-hybridized carbons (Fsp3) is 1.00. The predicted molar refractivity (Wildman–Crippen MR) is 47.6 cm³/mol. The SMILES string of the molecule is CN(C)P(C)(=S)N(C)C. The zero-order valence-electron chi connectivity index (χ0n) is 6.75. The van der Waals surface area contributed by atoms with Crippen molar-refractivity contribution in [3.05, 3.63) is 0 Å². The molecular formula is C5H15N2PS. The zero-order valence-corrected chi connectivity index (χ0v) is 8.46. The van der Waals surface area contributed by atoms with Crippen LogP contribution < -0.4 is 0 Å². The van der Waals surface area contributed by atoms with Gasteiger partial charge in [0.2, 0.25) is 0 Å². The standard InChI is InChI=1S/C5H15N2PS/c1-6(2)8(5,9)7(3)4/h1-5H3. The van der Waals surface area contributed by atoms with E-state index >= 15 is 0 Å². The van der Waals surface area contributed by atoms with E-state index in [1.54, 1.807) is 0 Å². The van der Waals surface area contributed by atoms with E-state index < -0.39 is 6.34 Å². The van der Waals surface area contributed by atoms with Gasteiger partial charge in [-0.3, -0.25) is 9.34 Å². The minimum Gasteiger partial charge on any atom is -0.270 e. The third-order valence-corrected chi connectivity index (χ3v) is 6.41. The quantitative estimate of drug-likeness (QED) is 0.566. The molecule has 0 radical (unpaired) electrons. The molecule has 0 aromatic heterocycles. The molecule has 0 heterocycles. The summed E-state index contributed by atoms with van der Waals surface area (Å²) in [5, 5.41) is 0. The van der Waals surface area contributed by atoms with Crippen molar-refractivity contribution in [2.24, 2.45) is 0 Å². The summed E-state index contributed by atoms with van der Waals surface area (Å²) in [4.78, 5) is 0. The van der Waals surface area contributed by atoms with E-state index in [4.69, 9.17) is 11.8 Å². The lowest BCUT2D eigenvalue weighted by Crippen LogP contribution is -2.19. The molecule has 0 rings (SSSR count). The van der Waals surface area contributed by atoms with E-state index in [1.807, 2.05) is 28.2 Å². The first-order chi connectivity index (χ1) is 3.89. The molecule has 9 heavy (non-hydrogen) atoms. The van der Waals surface area contributed by atoms with Crippen molar-refractivity contribution >= 4 is 18.1 Å². The zero-order chi connectivity index (χ0) is 7.65. The molecule has 0 atom stereocenters. The average molecular weight is 166 g/mol. The number of hydrogen-bond acceptors (Lipinski definition) is 1. The maximum Gasteiger partial charge on any atom is 0.0735 e. The van der Waals surface area contributed by atoms with Crippen LogP contribution in [-0.2, 0) is 11.8 Å². The molecule has 0 aliphatic carbocycles. The Hall–Kier alpha value is 0.570. The summed E-state index contributed by atoms with van der Waals surface area (Å²) in [6.45, 7) is 2.11. The van der Waals surface area contributed by atoms with Gasteiger partial charge in [-0.2, -0.15) is 0 Å². The predicted octanol–water partition coefficient (Wildman–Crippen LogP) is 1.05. The van der Waals surface area contributed by atoms with E-state index in [1.165, 1.54) is 0 Å². The molecule has 56 valence electrons. The largest absolute Gasteiger partial charge is 0.270 e. The van der Waals surface area contributed by atoms with Crippen LogP contribution in [-0.4, -0.2) is 44.2 Å². The van der Waals surface area contributed by atoms with Crippen molar-refractivity contribution in [3.63, 3.8) is 0 Å². The molecule has 0 spiro atoms. The van der Waals surface area contributed by atoms with Gasteiger partial charge in [-0.05, 0) is 34.9 Å². The lowest BCUT2D eigenvalue weighted by molar-refractivity contribution is 0.577. The lowest BCUT2D eigenvalue weighted by atomic mass is 11.3. The Morgan fingerprint density at radius 3 is 1.22 bits per heavy atom. The smallest absolute Gasteiger partial charge is 0.0735 e. The molecule has 0 N–H and O–H groups in total. The van der Waals surface area contributed by atoms with Gasteiger partial charge in [0.25, 0.3) is 0 Å². The van der Waals surface area contributed by atoms with Gasteiger partial charge >= 0.3 is 0 Å². The fourth-order valence-electron chi connectivity index (χ4n) is 0.358. The Morgan fingerprint density at radius 1 is 1.00 bits per heavy atom. The Bertz CT molecular complexity index is 121. The molecule has 2 nitrogen and oxygen atoms in total. The van der Waals surface area contributed by atoms with Crippen molar-refractivity contribution in [1.29, 1.82) is 0 Å². The molecular weight excluding hydrogens is 151 g/mol. The average Bonchev–Trinajstić information content (AvgIpc) is 1.65. The first-order valence-corrected chi connectivity index (χ1v) is 5.97. The minimum absolute atomic E-state index is 1.34. The van der Waals surface area contributed by atoms with Gasteiger partial charge in [0.15, 0.2) is 0 Å². The fourth-order valence-corrected chi connectivity index (χ4v) is 1.07. The maximum absolute atomic E-state index is 5.35. The third-order valence-electron chi connectivity index (χ3n) is 1.48. The first-order valence-electron chi connectivity index (χ1n) is 2.82. The lowest BCUT2D eigenvalue weighted by Gasteiger charge is -2.30. The van der Waals surface area contributed by atoms with Crippen molar-refractivity contribution < 1.29 is 0 Å². The van der Waals surface area contributed by atoms with Crippen molar-refractivity contribution in [3.8, 4) is 0 Å². The Labute approximate surface area is 63.0 Å². The third kappa shape index (κ3) is 2.34. The van der Waals surface area contributed by atoms with Gasteiger partial charge < -0.3 is 0 Å². The second-order valence-corrected chi connectivity index (χ2v) is 7.88. The van der Waals surface area contributed by atoms with E-state index in [-0.39, 0.29) is 0 Å². The van der Waals surface area contributed by atoms with Crippen LogP contribution in [0.15, 0.2) is 0 Å². The van der Waals surface area contributed by atoms with Gasteiger partial charge in [-0.15, -0.1) is 0 Å². The molecule has 0 saturated carbocycles. The maximum atomic E-state index is 5.35. The van der Waals surface area contributed by atoms with Crippen LogP contribution in [0.4, 0.5) is 0 Å². The number of rotatable bonds is 2. The van der Waals surface area contributed by atoms with Crippen LogP contribution in [0, 0.1) is 0 Å². The molecule has 0 bridgehead atoms. The Kier molecular flexibility index (Phi) is 3.30. The van der Waals surface area contributed by atoms with Gasteiger partial charge in [0.05, 0.1) is 6.34 Å². The number of nitrogens with zero attached hydrogens (tertiary/aromatic N) is 2. The summed E-state index contributed by atoms with van der Waals surface area (Å²) in [7, 11) is 8.11. The second-order valence-electron chi connectivity index (χ2n) is 2.53. The summed E-state index contributed by atoms with van der Waals surface area (Å²) in [5.41, 5.74) is 0. The summed E-state index contributed by atoms with van der Waals surface area (Å²) in [5.74, 6) is 0. The van der Waals surface area contributed by atoms with E-state index in [9.17, 15) is 0 Å². The minimum atomic E-state index is -1.34. The van der Waals surface area contributed by atoms with Crippen LogP contribution in [0.3, 0.4) is 0 Å². The normalized spacial score (nSPS) is 13.2. The topological polar surface area (TPSA) is 6.48 Å². The highest BCUT2D eigenvalue weighted by Crippen LogP contribution is 2.44. The first kappa shape index (κ1) is 9.57. The van der Waals surface area contributed by atoms with Crippen LogP contribution in [0.2, 0.25) is 0 Å². The summed E-state index contributed by atoms with van der Waals surface area (Å²) >= 11 is 5.35. The molecule has 0 aliphatic rings. The van der Waals surface area contributed by atoms with Crippen molar-refractivity contribution in [2.75, 3.05) is 34.9 Å². The van der Waals surface area contributed by atoms with Crippen molar-refractivity contribution in [1.82, 2.24) is 9.34 Å². The number of hydrogen-bond donors (Lipinski definition) is 0. The highest BCUT2D eigenvalue weighted by atomic mass is 32.4. The Balaban J connectivity index is 4.21. The van der Waals surface area contributed by atoms with Gasteiger partial charge in [-0.25, -0.2) is 0 Å². The highest BCUT2D eigenvalue weighted by Gasteiger charge is 2.14. The summed E-state index contributed by atoms with van der Waals surface area (Å²) < 4.78 is 4.23. The van der Waals surface area contributed by atoms with Crippen LogP contribution in [0.25, 0.3) is 0 Å². The van der Waals surface area contributed by atoms with Crippen LogP contribution in [0.1, 0.15) is 0 Å². The van der Waals surface area contributed by atoms with Gasteiger partial charge in [-0.1, -0.05) is 11.8 Å².